The van der Waals surface area contributed by atoms with Crippen molar-refractivity contribution in [3.63, 3.8) is 0 Å². The molecule has 0 bridgehead atoms. The summed E-state index contributed by atoms with van der Waals surface area (Å²) in [6, 6.07) is 7.39. The average Bonchev–Trinajstić information content (AvgIpc) is 2.49. The van der Waals surface area contributed by atoms with Gasteiger partial charge >= 0.3 is 6.09 Å². The predicted octanol–water partition coefficient (Wildman–Crippen LogP) is 2.01. The van der Waals surface area contributed by atoms with Gasteiger partial charge in [-0.2, -0.15) is 10.2 Å². The van der Waals surface area contributed by atoms with Gasteiger partial charge in [-0.15, -0.1) is 0 Å². The zero-order valence-corrected chi connectivity index (χ0v) is 13.2. The van der Waals surface area contributed by atoms with Crippen molar-refractivity contribution in [1.82, 2.24) is 10.9 Å². The molecule has 0 aliphatic carbocycles. The molecule has 8 heteroatoms. The van der Waals surface area contributed by atoms with E-state index in [1.54, 1.807) is 13.1 Å². The average molecular weight is 322 g/mol. The fourth-order valence-electron chi connectivity index (χ4n) is 1.38. The highest BCUT2D eigenvalue weighted by atomic mass is 32.1. The molecule has 0 heterocycles. The van der Waals surface area contributed by atoms with Crippen LogP contribution < -0.4 is 10.9 Å². The summed E-state index contributed by atoms with van der Waals surface area (Å²) in [6.07, 6.45) is 2.48. The van der Waals surface area contributed by atoms with Gasteiger partial charge in [-0.05, 0) is 26.1 Å². The van der Waals surface area contributed by atoms with Gasteiger partial charge in [0.1, 0.15) is 0 Å². The topological polar surface area (TPSA) is 84.3 Å². The zero-order valence-electron chi connectivity index (χ0n) is 12.4. The maximum Gasteiger partial charge on any atom is 0.427 e. The Hall–Kier alpha value is -2.48. The molecule has 1 rings (SSSR count). The van der Waals surface area contributed by atoms with Crippen molar-refractivity contribution in [3.8, 4) is 0 Å². The molecule has 0 aromatic heterocycles. The summed E-state index contributed by atoms with van der Waals surface area (Å²) in [5, 5.41) is 7.99. The van der Waals surface area contributed by atoms with E-state index in [1.165, 1.54) is 6.21 Å². The van der Waals surface area contributed by atoms with Crippen molar-refractivity contribution >= 4 is 35.9 Å². The van der Waals surface area contributed by atoms with Crippen LogP contribution in [0.3, 0.4) is 0 Å². The normalized spacial score (nSPS) is 10.6. The molecule has 118 valence electrons. The van der Waals surface area contributed by atoms with Crippen molar-refractivity contribution in [2.24, 2.45) is 10.2 Å². The molecule has 1 aromatic rings. The molecule has 22 heavy (non-hydrogen) atoms. The Bertz CT molecular complexity index is 512. The van der Waals surface area contributed by atoms with E-state index in [4.69, 9.17) is 21.7 Å². The van der Waals surface area contributed by atoms with Gasteiger partial charge in [0.2, 0.25) is 0 Å². The summed E-state index contributed by atoms with van der Waals surface area (Å²) in [6.45, 7) is 4.31. The smallest absolute Gasteiger partial charge is 0.427 e. The Morgan fingerprint density at radius 1 is 1.09 bits per heavy atom. The molecule has 0 radical (unpaired) electrons. The Morgan fingerprint density at radius 2 is 1.64 bits per heavy atom. The summed E-state index contributed by atoms with van der Waals surface area (Å²) in [4.78, 5) is 11.1. The number of carbonyl (C=O) groups excluding carboxylic acids is 1. The Kier molecular flexibility index (Phi) is 8.21. The Labute approximate surface area is 134 Å². The van der Waals surface area contributed by atoms with E-state index >= 15 is 0 Å². The first kappa shape index (κ1) is 17.6. The Balaban J connectivity index is 2.65. The second-order valence-corrected chi connectivity index (χ2v) is 4.18. The van der Waals surface area contributed by atoms with Gasteiger partial charge in [-0.3, -0.25) is 0 Å². The standard InChI is InChI=1S/C14H18N4O3S/c1-3-20-13(19)17-15-9-11-7-5-6-8-12(11)10-16-18-14(22)21-4-2/h5-10H,3-4H2,1-2H3,(H,17,19)(H,18,22)/b15-9+,16-10+. The predicted molar refractivity (Wildman–Crippen MR) is 89.1 cm³/mol. The van der Waals surface area contributed by atoms with Gasteiger partial charge in [-0.1, -0.05) is 24.3 Å². The van der Waals surface area contributed by atoms with Crippen LogP contribution >= 0.6 is 12.2 Å². The number of ether oxygens (including phenoxy) is 2. The second-order valence-electron chi connectivity index (χ2n) is 3.81. The fraction of sp³-hybridized carbons (Fsp3) is 0.286. The van der Waals surface area contributed by atoms with Crippen molar-refractivity contribution in [1.29, 1.82) is 0 Å². The molecule has 0 saturated heterocycles. The van der Waals surface area contributed by atoms with Crippen LogP contribution in [0.2, 0.25) is 0 Å². The van der Waals surface area contributed by atoms with Crippen LogP contribution in [0.15, 0.2) is 34.5 Å². The molecule has 0 aliphatic rings. The number of nitrogens with one attached hydrogen (secondary N) is 2. The highest BCUT2D eigenvalue weighted by Crippen LogP contribution is 2.03. The summed E-state index contributed by atoms with van der Waals surface area (Å²) in [7, 11) is 0. The van der Waals surface area contributed by atoms with E-state index in [-0.39, 0.29) is 11.8 Å². The number of rotatable bonds is 6. The molecule has 1 aromatic carbocycles. The quantitative estimate of drug-likeness (QED) is 0.475. The third-order valence-electron chi connectivity index (χ3n) is 2.27. The van der Waals surface area contributed by atoms with Crippen molar-refractivity contribution in [3.05, 3.63) is 35.4 Å². The summed E-state index contributed by atoms with van der Waals surface area (Å²) in [5.41, 5.74) is 6.42. The fourth-order valence-corrected chi connectivity index (χ4v) is 1.55. The van der Waals surface area contributed by atoms with Gasteiger partial charge in [-0.25, -0.2) is 15.6 Å². The molecule has 0 aliphatic heterocycles. The molecule has 1 amide bonds. The molecular weight excluding hydrogens is 304 g/mol. The number of nitrogens with zero attached hydrogens (tertiary/aromatic N) is 2. The molecule has 0 unspecified atom stereocenters. The summed E-state index contributed by atoms with van der Waals surface area (Å²) in [5.74, 6) is 0. The number of amides is 1. The van der Waals surface area contributed by atoms with Crippen LogP contribution in [0.1, 0.15) is 25.0 Å². The summed E-state index contributed by atoms with van der Waals surface area (Å²) < 4.78 is 9.74. The molecular formula is C14H18N4O3S. The van der Waals surface area contributed by atoms with Crippen LogP contribution in [0.4, 0.5) is 4.79 Å². The number of hydrazone groups is 2. The minimum Gasteiger partial charge on any atom is -0.470 e. The van der Waals surface area contributed by atoms with Crippen LogP contribution in [-0.4, -0.2) is 36.9 Å². The van der Waals surface area contributed by atoms with Crippen LogP contribution in [-0.2, 0) is 9.47 Å². The van der Waals surface area contributed by atoms with Crippen LogP contribution in [0, 0.1) is 0 Å². The van der Waals surface area contributed by atoms with E-state index < -0.39 is 6.09 Å². The maximum atomic E-state index is 11.1. The highest BCUT2D eigenvalue weighted by molar-refractivity contribution is 7.80. The van der Waals surface area contributed by atoms with Crippen molar-refractivity contribution in [2.75, 3.05) is 13.2 Å². The molecule has 2 N–H and O–H groups in total. The number of thiocarbonyl (C=S) groups is 1. The van der Waals surface area contributed by atoms with Crippen molar-refractivity contribution in [2.45, 2.75) is 13.8 Å². The first-order chi connectivity index (χ1) is 10.7. The lowest BCUT2D eigenvalue weighted by atomic mass is 10.1. The first-order valence-electron chi connectivity index (χ1n) is 6.68. The van der Waals surface area contributed by atoms with Gasteiger partial charge in [0.15, 0.2) is 0 Å². The van der Waals surface area contributed by atoms with E-state index in [2.05, 4.69) is 21.1 Å². The lowest BCUT2D eigenvalue weighted by Gasteiger charge is -2.03. The molecule has 0 spiro atoms. The molecule has 0 saturated carbocycles. The van der Waals surface area contributed by atoms with E-state index in [0.717, 1.165) is 11.1 Å². The summed E-state index contributed by atoms with van der Waals surface area (Å²) >= 11 is 4.89. The number of hydrogen-bond donors (Lipinski definition) is 2. The SMILES string of the molecule is CCOC(=O)N/N=C/c1ccccc1/C=N/NC(=S)OCC. The second kappa shape index (κ2) is 10.3. The van der Waals surface area contributed by atoms with Gasteiger partial charge in [0.25, 0.3) is 5.17 Å². The zero-order chi connectivity index (χ0) is 16.2. The lowest BCUT2D eigenvalue weighted by Crippen LogP contribution is -2.19. The minimum absolute atomic E-state index is 0.203. The van der Waals surface area contributed by atoms with Crippen LogP contribution in [0.25, 0.3) is 0 Å². The van der Waals surface area contributed by atoms with Gasteiger partial charge in [0.05, 0.1) is 25.6 Å². The number of benzene rings is 1. The highest BCUT2D eigenvalue weighted by Gasteiger charge is 1.99. The molecule has 7 nitrogen and oxygen atoms in total. The molecule has 0 fully saturated rings. The minimum atomic E-state index is -0.603. The number of carbonyl (C=O) groups is 1. The molecule has 0 atom stereocenters. The Morgan fingerprint density at radius 3 is 2.18 bits per heavy atom. The van der Waals surface area contributed by atoms with E-state index in [1.807, 2.05) is 31.2 Å². The third-order valence-corrected chi connectivity index (χ3v) is 2.47. The van der Waals surface area contributed by atoms with E-state index in [0.29, 0.717) is 6.61 Å². The largest absolute Gasteiger partial charge is 0.470 e. The van der Waals surface area contributed by atoms with Gasteiger partial charge in [0, 0.05) is 11.1 Å². The third kappa shape index (κ3) is 6.80. The monoisotopic (exact) mass is 322 g/mol. The number of hydrogen-bond acceptors (Lipinski definition) is 6. The van der Waals surface area contributed by atoms with Crippen LogP contribution in [0.5, 0.6) is 0 Å². The lowest BCUT2D eigenvalue weighted by molar-refractivity contribution is 0.152. The van der Waals surface area contributed by atoms with E-state index in [9.17, 15) is 4.79 Å². The van der Waals surface area contributed by atoms with Gasteiger partial charge < -0.3 is 9.47 Å². The first-order valence-corrected chi connectivity index (χ1v) is 7.08. The maximum absolute atomic E-state index is 11.1. The van der Waals surface area contributed by atoms with Crippen molar-refractivity contribution < 1.29 is 14.3 Å².